The molecule has 2 aromatic heterocycles. The number of hydrogen-bond acceptors (Lipinski definition) is 5. The first-order valence-corrected chi connectivity index (χ1v) is 7.85. The van der Waals surface area contributed by atoms with Crippen LogP contribution in [0.4, 0.5) is 0 Å². The average molecular weight is 349 g/mol. The number of phenols is 2. The third-order valence-corrected chi connectivity index (χ3v) is 4.20. The number of aromatic hydroxyl groups is 2. The van der Waals surface area contributed by atoms with Crippen LogP contribution >= 0.6 is 0 Å². The SMILES string of the molecule is COc1ccc(-c2nc3[nH][nH]c(=O)c3cc2-c2ccc(O)cc2)c(O)c1. The summed E-state index contributed by atoms with van der Waals surface area (Å²) in [6.45, 7) is 0. The maximum atomic E-state index is 12.0. The van der Waals surface area contributed by atoms with E-state index in [-0.39, 0.29) is 17.1 Å². The minimum atomic E-state index is -0.280. The zero-order chi connectivity index (χ0) is 18.3. The van der Waals surface area contributed by atoms with Crippen molar-refractivity contribution in [3.63, 3.8) is 0 Å². The molecule has 0 aliphatic carbocycles. The molecule has 130 valence electrons. The maximum Gasteiger partial charge on any atom is 0.273 e. The average Bonchev–Trinajstić information content (AvgIpc) is 3.01. The minimum Gasteiger partial charge on any atom is -0.508 e. The summed E-state index contributed by atoms with van der Waals surface area (Å²) in [4.78, 5) is 16.5. The fourth-order valence-electron chi connectivity index (χ4n) is 2.87. The predicted octanol–water partition coefficient (Wildman–Crippen LogP) is 3.01. The Bertz CT molecular complexity index is 1160. The first-order valence-electron chi connectivity index (χ1n) is 7.85. The number of ether oxygens (including phenoxy) is 1. The molecule has 0 saturated carbocycles. The van der Waals surface area contributed by atoms with Crippen molar-refractivity contribution >= 4 is 11.0 Å². The van der Waals surface area contributed by atoms with Crippen molar-refractivity contribution in [2.75, 3.05) is 7.11 Å². The number of fused-ring (bicyclic) bond motifs is 1. The number of hydrogen-bond donors (Lipinski definition) is 4. The van der Waals surface area contributed by atoms with Crippen LogP contribution in [-0.2, 0) is 0 Å². The van der Waals surface area contributed by atoms with Gasteiger partial charge in [-0.05, 0) is 35.9 Å². The normalized spacial score (nSPS) is 11.0. The van der Waals surface area contributed by atoms with Crippen molar-refractivity contribution in [1.29, 1.82) is 0 Å². The van der Waals surface area contributed by atoms with E-state index >= 15 is 0 Å². The topological polar surface area (TPSA) is 111 Å². The number of rotatable bonds is 3. The highest BCUT2D eigenvalue weighted by atomic mass is 16.5. The Kier molecular flexibility index (Phi) is 3.62. The smallest absolute Gasteiger partial charge is 0.273 e. The van der Waals surface area contributed by atoms with Gasteiger partial charge in [0.15, 0.2) is 5.65 Å². The summed E-state index contributed by atoms with van der Waals surface area (Å²) < 4.78 is 5.13. The molecule has 0 aliphatic rings. The van der Waals surface area contributed by atoms with E-state index < -0.39 is 0 Å². The van der Waals surface area contributed by atoms with Gasteiger partial charge in [0.25, 0.3) is 5.56 Å². The lowest BCUT2D eigenvalue weighted by Gasteiger charge is -2.12. The molecule has 0 amide bonds. The Labute approximate surface area is 147 Å². The van der Waals surface area contributed by atoms with Crippen LogP contribution in [0.15, 0.2) is 53.3 Å². The number of nitrogens with one attached hydrogen (secondary N) is 2. The van der Waals surface area contributed by atoms with Gasteiger partial charge in [-0.3, -0.25) is 15.0 Å². The van der Waals surface area contributed by atoms with Gasteiger partial charge in [-0.25, -0.2) is 4.98 Å². The highest BCUT2D eigenvalue weighted by Crippen LogP contribution is 2.38. The van der Waals surface area contributed by atoms with Crippen LogP contribution in [0.3, 0.4) is 0 Å². The molecule has 0 spiro atoms. The zero-order valence-corrected chi connectivity index (χ0v) is 13.8. The van der Waals surface area contributed by atoms with E-state index in [0.29, 0.717) is 33.6 Å². The van der Waals surface area contributed by atoms with Crippen LogP contribution in [0, 0.1) is 0 Å². The molecule has 0 fully saturated rings. The molecule has 7 nitrogen and oxygen atoms in total. The van der Waals surface area contributed by atoms with Crippen LogP contribution in [0.1, 0.15) is 0 Å². The predicted molar refractivity (Wildman–Crippen MR) is 97.5 cm³/mol. The van der Waals surface area contributed by atoms with Crippen molar-refractivity contribution in [1.82, 2.24) is 15.2 Å². The zero-order valence-electron chi connectivity index (χ0n) is 13.8. The van der Waals surface area contributed by atoms with Gasteiger partial charge >= 0.3 is 0 Å². The number of H-pyrrole nitrogens is 2. The van der Waals surface area contributed by atoms with Gasteiger partial charge in [-0.15, -0.1) is 0 Å². The van der Waals surface area contributed by atoms with Crippen LogP contribution in [0.25, 0.3) is 33.4 Å². The van der Waals surface area contributed by atoms with Crippen molar-refractivity contribution in [3.05, 3.63) is 58.9 Å². The third kappa shape index (κ3) is 2.55. The lowest BCUT2D eigenvalue weighted by molar-refractivity contribution is 0.408. The van der Waals surface area contributed by atoms with Gasteiger partial charge in [0.05, 0.1) is 18.2 Å². The van der Waals surface area contributed by atoms with E-state index in [1.165, 1.54) is 13.2 Å². The summed E-state index contributed by atoms with van der Waals surface area (Å²) in [5.74, 6) is 0.666. The van der Waals surface area contributed by atoms with E-state index in [4.69, 9.17) is 4.74 Å². The van der Waals surface area contributed by atoms with Crippen molar-refractivity contribution in [2.24, 2.45) is 0 Å². The van der Waals surface area contributed by atoms with E-state index in [9.17, 15) is 15.0 Å². The molecule has 26 heavy (non-hydrogen) atoms. The highest BCUT2D eigenvalue weighted by molar-refractivity contribution is 5.91. The van der Waals surface area contributed by atoms with Gasteiger partial charge in [-0.1, -0.05) is 12.1 Å². The molecule has 0 saturated heterocycles. The number of methoxy groups -OCH3 is 1. The lowest BCUT2D eigenvalue weighted by atomic mass is 9.97. The summed E-state index contributed by atoms with van der Waals surface area (Å²) in [5, 5.41) is 25.6. The van der Waals surface area contributed by atoms with Gasteiger partial charge in [0.2, 0.25) is 0 Å². The number of benzene rings is 2. The van der Waals surface area contributed by atoms with Crippen LogP contribution in [0.5, 0.6) is 17.2 Å². The first-order chi connectivity index (χ1) is 12.6. The molecule has 0 bridgehead atoms. The first kappa shape index (κ1) is 15.8. The Morgan fingerprint density at radius 1 is 0.962 bits per heavy atom. The Morgan fingerprint density at radius 3 is 2.42 bits per heavy atom. The quantitative estimate of drug-likeness (QED) is 0.454. The van der Waals surface area contributed by atoms with E-state index in [2.05, 4.69) is 15.2 Å². The fraction of sp³-hybridized carbons (Fsp3) is 0.0526. The summed E-state index contributed by atoms with van der Waals surface area (Å²) in [6, 6.07) is 13.2. The molecule has 4 aromatic rings. The Morgan fingerprint density at radius 2 is 1.73 bits per heavy atom. The summed E-state index contributed by atoms with van der Waals surface area (Å²) in [5.41, 5.74) is 2.52. The molecule has 4 N–H and O–H groups in total. The summed E-state index contributed by atoms with van der Waals surface area (Å²) in [6.07, 6.45) is 0. The highest BCUT2D eigenvalue weighted by Gasteiger charge is 2.17. The van der Waals surface area contributed by atoms with Crippen molar-refractivity contribution in [3.8, 4) is 39.6 Å². The van der Waals surface area contributed by atoms with Gasteiger partial charge in [0.1, 0.15) is 17.2 Å². The molecule has 7 heteroatoms. The van der Waals surface area contributed by atoms with Crippen molar-refractivity contribution < 1.29 is 14.9 Å². The fourth-order valence-corrected chi connectivity index (χ4v) is 2.87. The molecule has 2 aromatic carbocycles. The van der Waals surface area contributed by atoms with E-state index in [0.717, 1.165) is 5.56 Å². The molecular formula is C19H15N3O4. The second-order valence-electron chi connectivity index (χ2n) is 5.79. The molecule has 0 aliphatic heterocycles. The monoisotopic (exact) mass is 349 g/mol. The standard InChI is InChI=1S/C19H15N3O4/c1-26-12-6-7-13(16(24)8-12)17-14(10-2-4-11(23)5-3-10)9-15-18(20-17)21-22-19(15)25/h2-9,23-24H,1H3,(H2,20,21,22,25). The summed E-state index contributed by atoms with van der Waals surface area (Å²) >= 11 is 0. The van der Waals surface area contributed by atoms with Gasteiger partial charge < -0.3 is 14.9 Å². The maximum absolute atomic E-state index is 12.0. The van der Waals surface area contributed by atoms with E-state index in [1.807, 2.05) is 0 Å². The molecule has 4 rings (SSSR count). The lowest BCUT2D eigenvalue weighted by Crippen LogP contribution is -1.99. The Hall–Kier alpha value is -3.74. The largest absolute Gasteiger partial charge is 0.508 e. The summed E-state index contributed by atoms with van der Waals surface area (Å²) in [7, 11) is 1.52. The molecule has 0 atom stereocenters. The third-order valence-electron chi connectivity index (χ3n) is 4.20. The van der Waals surface area contributed by atoms with Crippen LogP contribution < -0.4 is 10.3 Å². The number of pyridine rings is 1. The van der Waals surface area contributed by atoms with Crippen LogP contribution in [-0.4, -0.2) is 32.5 Å². The second-order valence-corrected chi connectivity index (χ2v) is 5.79. The molecule has 0 radical (unpaired) electrons. The van der Waals surface area contributed by atoms with Crippen molar-refractivity contribution in [2.45, 2.75) is 0 Å². The van der Waals surface area contributed by atoms with Gasteiger partial charge in [-0.2, -0.15) is 0 Å². The number of aromatic amines is 2. The molecule has 0 unspecified atom stereocenters. The second kappa shape index (κ2) is 5.96. The molecular weight excluding hydrogens is 334 g/mol. The Balaban J connectivity index is 2.02. The molecule has 2 heterocycles. The van der Waals surface area contributed by atoms with Gasteiger partial charge in [0, 0.05) is 17.2 Å². The van der Waals surface area contributed by atoms with Crippen LogP contribution in [0.2, 0.25) is 0 Å². The van der Waals surface area contributed by atoms with E-state index in [1.54, 1.807) is 42.5 Å². The number of aromatic nitrogens is 3. The minimum absolute atomic E-state index is 0.00844. The number of phenolic OH excluding ortho intramolecular Hbond substituents is 2. The number of nitrogens with zero attached hydrogens (tertiary/aromatic N) is 1.